The van der Waals surface area contributed by atoms with Gasteiger partial charge in [-0.25, -0.2) is 0 Å². The summed E-state index contributed by atoms with van der Waals surface area (Å²) in [6.07, 6.45) is -4.72. The fourth-order valence-corrected chi connectivity index (χ4v) is 4.99. The largest absolute Gasteiger partial charge is 0.778 e. The van der Waals surface area contributed by atoms with Crippen LogP contribution in [0.1, 0.15) is 0 Å². The standard InChI is InChI=1S/C6H20N2O12P4.4CH3.4Y/c9-21(10,11)3-7(4-22(12,13)14)1-2-8(5-23(15,16)17)6-24(18,19)20;;;;;;;;/h1-6H2,(H2,9,10,11)(H2,12,13,14)(H2,15,16,17)(H2,18,19,20);4*1H3;;;;/q;4*+1;;;;/p-3. The van der Waals surface area contributed by atoms with Crippen LogP contribution in [-0.4, -0.2) is 72.5 Å². The molecule has 0 rings (SSSR count). The molecule has 0 bridgehead atoms. The Hall–Kier alpha value is 4.42. The van der Waals surface area contributed by atoms with Gasteiger partial charge in [-0.3, -0.25) is 14.4 Å². The molecule has 3 unspecified atom stereocenters. The van der Waals surface area contributed by atoms with E-state index in [0.717, 1.165) is 0 Å². The molecule has 0 aromatic carbocycles. The van der Waals surface area contributed by atoms with E-state index >= 15 is 0 Å². The number of nitrogens with zero attached hydrogens (tertiary/aromatic N) is 2. The van der Waals surface area contributed by atoms with Crippen LogP contribution < -0.4 is 14.7 Å². The summed E-state index contributed by atoms with van der Waals surface area (Å²) in [6, 6.07) is 0. The summed E-state index contributed by atoms with van der Waals surface area (Å²) >= 11 is 0. The van der Waals surface area contributed by atoms with Crippen molar-refractivity contribution in [2.45, 2.75) is 0 Å². The average molecular weight is 849 g/mol. The van der Waals surface area contributed by atoms with Gasteiger partial charge in [-0.1, -0.05) is 0 Å². The summed E-state index contributed by atoms with van der Waals surface area (Å²) in [5.41, 5.74) is 0. The first kappa shape index (κ1) is 60.8. The van der Waals surface area contributed by atoms with Crippen LogP contribution in [0.15, 0.2) is 0 Å². The Morgan fingerprint density at radius 3 is 0.844 bits per heavy atom. The van der Waals surface area contributed by atoms with Gasteiger partial charge < -0.3 is 52.8 Å². The molecule has 3 atom stereocenters. The summed E-state index contributed by atoms with van der Waals surface area (Å²) in [4.78, 5) is 77.4. The van der Waals surface area contributed by atoms with Gasteiger partial charge in [0.2, 0.25) is 0 Å². The van der Waals surface area contributed by atoms with Crippen molar-refractivity contribution >= 4 is 30.4 Å². The predicted octanol–water partition coefficient (Wildman–Crippen LogP) is -1.97. The maximum absolute atomic E-state index is 10.9. The molecule has 0 heterocycles. The molecule has 0 fully saturated rings. The average Bonchev–Trinajstić information content (AvgIpc) is 2.16. The fraction of sp³-hybridized carbons (Fsp3) is 0.600. The van der Waals surface area contributed by atoms with Crippen LogP contribution in [0.25, 0.3) is 0 Å². The SMILES string of the molecule is O=P([O-])(O)CN(CCN(CP(=O)([O-])O)CP(=O)(O)O)CP(=O)([O-])O.[CH3+].[CH3+].[CH3+].[CH3+].[Y].[Y].[Y].[Y]. The Balaban J connectivity index is -0.0000000945. The molecule has 0 amide bonds. The first-order chi connectivity index (χ1) is 10.4. The van der Waals surface area contributed by atoms with Crippen molar-refractivity contribution in [3.8, 4) is 0 Å². The van der Waals surface area contributed by atoms with Gasteiger partial charge in [0.1, 0.15) is 29.1 Å². The Bertz CT molecular complexity index is 511. The Morgan fingerprint density at radius 1 is 0.500 bits per heavy atom. The van der Waals surface area contributed by atoms with Crippen molar-refractivity contribution in [3.63, 3.8) is 0 Å². The molecule has 14 nitrogen and oxygen atoms in total. The number of rotatable bonds is 11. The van der Waals surface area contributed by atoms with Gasteiger partial charge in [0.25, 0.3) is 0 Å². The minimum atomic E-state index is -4.98. The van der Waals surface area contributed by atoms with E-state index in [2.05, 4.69) is 0 Å². The molecular weight excluding hydrogens is 820 g/mol. The van der Waals surface area contributed by atoms with Gasteiger partial charge in [-0.2, -0.15) is 0 Å². The monoisotopic (exact) mass is 849 g/mol. The summed E-state index contributed by atoms with van der Waals surface area (Å²) in [7, 11) is -19.7. The van der Waals surface area contributed by atoms with Crippen molar-refractivity contribution in [1.29, 1.82) is 0 Å². The van der Waals surface area contributed by atoms with Crippen LogP contribution in [0.4, 0.5) is 0 Å². The molecule has 0 aliphatic heterocycles. The molecular formula is C10H29N2O12P4Y4+. The second kappa shape index (κ2) is 25.7. The first-order valence-corrected chi connectivity index (χ1v) is 13.0. The molecule has 0 saturated heterocycles. The maximum Gasteiger partial charge on any atom is 0.339 e. The Kier molecular flexibility index (Phi) is 48.8. The minimum absolute atomic E-state index is 0. The van der Waals surface area contributed by atoms with Crippen LogP contribution in [0, 0.1) is 29.7 Å². The van der Waals surface area contributed by atoms with Crippen molar-refractivity contribution in [2.24, 2.45) is 0 Å². The van der Waals surface area contributed by atoms with E-state index in [-0.39, 0.29) is 161 Å². The molecule has 0 aromatic heterocycles. The van der Waals surface area contributed by atoms with Gasteiger partial charge >= 0.3 is 7.60 Å². The second-order valence-corrected chi connectivity index (χ2v) is 11.2. The van der Waals surface area contributed by atoms with E-state index in [9.17, 15) is 32.9 Å². The molecule has 182 valence electrons. The zero-order valence-electron chi connectivity index (χ0n) is 18.3. The third kappa shape index (κ3) is 44.4. The predicted molar refractivity (Wildman–Crippen MR) is 100 cm³/mol. The van der Waals surface area contributed by atoms with Gasteiger partial charge in [0.05, 0.1) is 18.9 Å². The van der Waals surface area contributed by atoms with Crippen molar-refractivity contribution < 1.29 is 188 Å². The zero-order chi connectivity index (χ0) is 19.4. The van der Waals surface area contributed by atoms with Crippen molar-refractivity contribution in [2.75, 3.05) is 38.2 Å². The molecule has 22 heteroatoms. The fourth-order valence-electron chi connectivity index (χ4n) is 1.67. The second-order valence-electron chi connectivity index (χ2n) is 4.93. The zero-order valence-corrected chi connectivity index (χ0v) is 33.3. The molecule has 32 heavy (non-hydrogen) atoms. The summed E-state index contributed by atoms with van der Waals surface area (Å²) in [5.74, 6) is 0. The van der Waals surface area contributed by atoms with E-state index in [1.54, 1.807) is 0 Å². The molecule has 4 radical (unpaired) electrons. The van der Waals surface area contributed by atoms with E-state index in [1.807, 2.05) is 0 Å². The third-order valence-electron chi connectivity index (χ3n) is 2.25. The van der Waals surface area contributed by atoms with Crippen LogP contribution in [-0.2, 0) is 149 Å². The number of hydrogen-bond donors (Lipinski definition) is 5. The van der Waals surface area contributed by atoms with Gasteiger partial charge in [-0.15, -0.1) is 0 Å². The summed E-state index contributed by atoms with van der Waals surface area (Å²) < 4.78 is 43.4. The van der Waals surface area contributed by atoms with E-state index in [0.29, 0.717) is 9.80 Å². The van der Waals surface area contributed by atoms with E-state index < -0.39 is 68.6 Å². The molecule has 0 saturated carbocycles. The van der Waals surface area contributed by atoms with Crippen molar-refractivity contribution in [1.82, 2.24) is 9.80 Å². The van der Waals surface area contributed by atoms with E-state index in [4.69, 9.17) is 24.5 Å². The van der Waals surface area contributed by atoms with Gasteiger partial charge in [-0.05, 0) is 0 Å². The van der Waals surface area contributed by atoms with Crippen LogP contribution in [0.2, 0.25) is 0 Å². The van der Waals surface area contributed by atoms with Gasteiger partial charge in [0, 0.05) is 174 Å². The van der Waals surface area contributed by atoms with Crippen molar-refractivity contribution in [3.05, 3.63) is 29.7 Å². The van der Waals surface area contributed by atoms with Crippen LogP contribution >= 0.6 is 30.4 Å². The molecule has 0 aliphatic carbocycles. The summed E-state index contributed by atoms with van der Waals surface area (Å²) in [6.45, 7) is -1.21. The smallest absolute Gasteiger partial charge is 0.339 e. The molecule has 0 spiro atoms. The molecule has 0 aromatic rings. The maximum atomic E-state index is 10.9. The quantitative estimate of drug-likeness (QED) is 0.112. The summed E-state index contributed by atoms with van der Waals surface area (Å²) in [5, 5.41) is 0. The normalized spacial score (nSPS) is 15.4. The molecule has 0 aliphatic rings. The first-order valence-electron chi connectivity index (χ1n) is 5.94. The Labute approximate surface area is 291 Å². The Morgan fingerprint density at radius 2 is 0.688 bits per heavy atom. The topological polar surface area (TPSA) is 245 Å². The number of hydrogen-bond acceptors (Lipinski definition) is 9. The van der Waals surface area contributed by atoms with Crippen LogP contribution in [0.5, 0.6) is 0 Å². The van der Waals surface area contributed by atoms with Gasteiger partial charge in [0.15, 0.2) is 0 Å². The molecule has 5 N–H and O–H groups in total. The minimum Gasteiger partial charge on any atom is -0.778 e. The van der Waals surface area contributed by atoms with Crippen LogP contribution in [0.3, 0.4) is 0 Å². The van der Waals surface area contributed by atoms with E-state index in [1.165, 1.54) is 0 Å². The third-order valence-corrected chi connectivity index (χ3v) is 5.29.